The predicted octanol–water partition coefficient (Wildman–Crippen LogP) is 4.91. The highest BCUT2D eigenvalue weighted by molar-refractivity contribution is 9.10. The highest BCUT2D eigenvalue weighted by atomic mass is 79.9. The maximum Gasteiger partial charge on any atom is 0.124 e. The molecule has 4 heteroatoms. The summed E-state index contributed by atoms with van der Waals surface area (Å²) in [4.78, 5) is 0. The molecular formula is C15H21BrFNS. The van der Waals surface area contributed by atoms with E-state index < -0.39 is 0 Å². The molecule has 0 heterocycles. The highest BCUT2D eigenvalue weighted by Gasteiger charge is 2.23. The van der Waals surface area contributed by atoms with E-state index in [1.165, 1.54) is 31.7 Å². The summed E-state index contributed by atoms with van der Waals surface area (Å²) < 4.78 is 14.0. The van der Waals surface area contributed by atoms with Crippen LogP contribution in [-0.2, 0) is 0 Å². The number of thioether (sulfide) groups is 1. The molecule has 3 atom stereocenters. The number of nitrogens with one attached hydrogen (secondary N) is 1. The highest BCUT2D eigenvalue weighted by Crippen LogP contribution is 2.30. The molecule has 0 saturated heterocycles. The molecule has 0 spiro atoms. The van der Waals surface area contributed by atoms with E-state index >= 15 is 0 Å². The third-order valence-electron chi connectivity index (χ3n) is 3.87. The lowest BCUT2D eigenvalue weighted by Crippen LogP contribution is -2.36. The molecule has 0 amide bonds. The predicted molar refractivity (Wildman–Crippen MR) is 85.2 cm³/mol. The van der Waals surface area contributed by atoms with Crippen LogP contribution < -0.4 is 5.32 Å². The summed E-state index contributed by atoms with van der Waals surface area (Å²) >= 11 is 5.43. The first kappa shape index (κ1) is 15.3. The van der Waals surface area contributed by atoms with E-state index in [4.69, 9.17) is 0 Å². The summed E-state index contributed by atoms with van der Waals surface area (Å²) in [6.45, 7) is 2.15. The third kappa shape index (κ3) is 4.20. The van der Waals surface area contributed by atoms with Gasteiger partial charge in [0, 0.05) is 21.8 Å². The largest absolute Gasteiger partial charge is 0.307 e. The molecule has 1 saturated carbocycles. The second-order valence-corrected chi connectivity index (χ2v) is 7.27. The van der Waals surface area contributed by atoms with Gasteiger partial charge in [0.05, 0.1) is 0 Å². The molecule has 1 aliphatic rings. The van der Waals surface area contributed by atoms with E-state index in [9.17, 15) is 4.39 Å². The zero-order chi connectivity index (χ0) is 13.8. The zero-order valence-corrected chi connectivity index (χ0v) is 13.9. The number of benzene rings is 1. The second kappa shape index (κ2) is 7.09. The van der Waals surface area contributed by atoms with Crippen molar-refractivity contribution in [2.45, 2.75) is 49.9 Å². The zero-order valence-electron chi connectivity index (χ0n) is 11.5. The van der Waals surface area contributed by atoms with Crippen LogP contribution in [-0.4, -0.2) is 17.5 Å². The molecule has 3 unspecified atom stereocenters. The average molecular weight is 346 g/mol. The molecule has 1 aromatic carbocycles. The Morgan fingerprint density at radius 3 is 2.89 bits per heavy atom. The van der Waals surface area contributed by atoms with Gasteiger partial charge in [0.2, 0.25) is 0 Å². The van der Waals surface area contributed by atoms with Gasteiger partial charge in [-0.15, -0.1) is 0 Å². The molecule has 1 fully saturated rings. The van der Waals surface area contributed by atoms with Gasteiger partial charge in [-0.1, -0.05) is 28.4 Å². The van der Waals surface area contributed by atoms with Crippen LogP contribution in [0.4, 0.5) is 4.39 Å². The van der Waals surface area contributed by atoms with Crippen LogP contribution in [0.3, 0.4) is 0 Å². The van der Waals surface area contributed by atoms with E-state index in [0.717, 1.165) is 15.3 Å². The van der Waals surface area contributed by atoms with Crippen LogP contribution in [0.5, 0.6) is 0 Å². The maximum absolute atomic E-state index is 13.1. The Labute approximate surface area is 127 Å². The lowest BCUT2D eigenvalue weighted by atomic mass is 9.93. The Hall–Kier alpha value is -0.0600. The molecule has 106 valence electrons. The van der Waals surface area contributed by atoms with Gasteiger partial charge in [0.1, 0.15) is 5.82 Å². The second-order valence-electron chi connectivity index (χ2n) is 5.28. The molecule has 0 bridgehead atoms. The van der Waals surface area contributed by atoms with Crippen molar-refractivity contribution in [1.82, 2.24) is 5.32 Å². The van der Waals surface area contributed by atoms with Crippen molar-refractivity contribution < 1.29 is 4.39 Å². The quantitative estimate of drug-likeness (QED) is 0.831. The Morgan fingerprint density at radius 2 is 2.21 bits per heavy atom. The lowest BCUT2D eigenvalue weighted by Gasteiger charge is -2.31. The van der Waals surface area contributed by atoms with Gasteiger partial charge in [-0.05, 0) is 50.1 Å². The fourth-order valence-corrected chi connectivity index (χ4v) is 4.33. The molecule has 0 aliphatic heterocycles. The summed E-state index contributed by atoms with van der Waals surface area (Å²) in [5.41, 5.74) is 1.13. The van der Waals surface area contributed by atoms with Gasteiger partial charge >= 0.3 is 0 Å². The molecule has 19 heavy (non-hydrogen) atoms. The van der Waals surface area contributed by atoms with Crippen molar-refractivity contribution in [3.63, 3.8) is 0 Å². The van der Waals surface area contributed by atoms with Crippen molar-refractivity contribution >= 4 is 27.7 Å². The van der Waals surface area contributed by atoms with E-state index in [-0.39, 0.29) is 11.9 Å². The number of rotatable bonds is 4. The molecule has 1 N–H and O–H groups in total. The first-order valence-corrected chi connectivity index (χ1v) is 8.92. The van der Waals surface area contributed by atoms with Crippen molar-refractivity contribution in [1.29, 1.82) is 0 Å². The van der Waals surface area contributed by atoms with Crippen molar-refractivity contribution in [3.8, 4) is 0 Å². The Kier molecular flexibility index (Phi) is 5.72. The first-order valence-electron chi connectivity index (χ1n) is 6.84. The smallest absolute Gasteiger partial charge is 0.124 e. The molecule has 0 radical (unpaired) electrons. The fraction of sp³-hybridized carbons (Fsp3) is 0.600. The lowest BCUT2D eigenvalue weighted by molar-refractivity contribution is 0.352. The fourth-order valence-electron chi connectivity index (χ4n) is 2.81. The maximum atomic E-state index is 13.1. The third-order valence-corrected chi connectivity index (χ3v) is 5.66. The van der Waals surface area contributed by atoms with Gasteiger partial charge in [-0.3, -0.25) is 0 Å². The molecule has 1 aromatic rings. The van der Waals surface area contributed by atoms with E-state index in [2.05, 4.69) is 34.4 Å². The topological polar surface area (TPSA) is 12.0 Å². The Bertz CT molecular complexity index is 427. The van der Waals surface area contributed by atoms with E-state index in [1.54, 1.807) is 6.07 Å². The van der Waals surface area contributed by atoms with Crippen molar-refractivity contribution in [2.75, 3.05) is 6.26 Å². The van der Waals surface area contributed by atoms with E-state index in [1.807, 2.05) is 17.8 Å². The van der Waals surface area contributed by atoms with Crippen LogP contribution in [0.2, 0.25) is 0 Å². The summed E-state index contributed by atoms with van der Waals surface area (Å²) in [5, 5.41) is 4.48. The minimum Gasteiger partial charge on any atom is -0.307 e. The van der Waals surface area contributed by atoms with Gasteiger partial charge in [0.15, 0.2) is 0 Å². The van der Waals surface area contributed by atoms with Crippen LogP contribution >= 0.6 is 27.7 Å². The molecule has 1 aliphatic carbocycles. The van der Waals surface area contributed by atoms with Crippen LogP contribution in [0.15, 0.2) is 22.7 Å². The van der Waals surface area contributed by atoms with Crippen LogP contribution in [0.25, 0.3) is 0 Å². The normalized spacial score (nSPS) is 25.3. The van der Waals surface area contributed by atoms with Gasteiger partial charge in [0.25, 0.3) is 0 Å². The molecule has 1 nitrogen and oxygen atoms in total. The van der Waals surface area contributed by atoms with Crippen LogP contribution in [0.1, 0.15) is 44.2 Å². The van der Waals surface area contributed by atoms with Crippen LogP contribution in [0, 0.1) is 5.82 Å². The summed E-state index contributed by atoms with van der Waals surface area (Å²) in [6, 6.07) is 5.77. The first-order chi connectivity index (χ1) is 9.10. The van der Waals surface area contributed by atoms with Crippen molar-refractivity contribution in [3.05, 3.63) is 34.1 Å². The number of halogens is 2. The number of hydrogen-bond donors (Lipinski definition) is 1. The molecule has 0 aromatic heterocycles. The summed E-state index contributed by atoms with van der Waals surface area (Å²) in [5.74, 6) is -0.192. The van der Waals surface area contributed by atoms with Gasteiger partial charge in [-0.25, -0.2) is 4.39 Å². The summed E-state index contributed by atoms with van der Waals surface area (Å²) in [6.07, 6.45) is 7.34. The van der Waals surface area contributed by atoms with Gasteiger partial charge in [-0.2, -0.15) is 11.8 Å². The Balaban J connectivity index is 1.98. The minimum atomic E-state index is -0.192. The summed E-state index contributed by atoms with van der Waals surface area (Å²) in [7, 11) is 0. The van der Waals surface area contributed by atoms with Gasteiger partial charge < -0.3 is 5.32 Å². The van der Waals surface area contributed by atoms with E-state index in [0.29, 0.717) is 6.04 Å². The average Bonchev–Trinajstić information content (AvgIpc) is 2.38. The molecule has 2 rings (SSSR count). The van der Waals surface area contributed by atoms with Crippen molar-refractivity contribution in [2.24, 2.45) is 0 Å². The Morgan fingerprint density at radius 1 is 1.42 bits per heavy atom. The number of hydrogen-bond acceptors (Lipinski definition) is 2. The monoisotopic (exact) mass is 345 g/mol. The minimum absolute atomic E-state index is 0.192. The standard InChI is InChI=1S/C15H21BrFNS/c1-10(14-7-6-11(17)8-15(14)16)18-12-4-3-5-13(9-12)19-2/h6-8,10,12-13,18H,3-5,9H2,1-2H3. The molecular weight excluding hydrogens is 325 g/mol. The SMILES string of the molecule is CSC1CCCC(NC(C)c2ccc(F)cc2Br)C1.